The minimum absolute atomic E-state index is 0.324. The second-order valence-electron chi connectivity index (χ2n) is 6.07. The second-order valence-corrected chi connectivity index (χ2v) is 7.10. The number of amides is 1. The minimum atomic E-state index is -0.783. The Morgan fingerprint density at radius 1 is 1.07 bits per heavy atom. The first kappa shape index (κ1) is 17.1. The maximum atomic E-state index is 12.9. The molecule has 7 heteroatoms. The third kappa shape index (κ3) is 3.37. The van der Waals surface area contributed by atoms with Crippen LogP contribution in [-0.4, -0.2) is 20.9 Å². The van der Waals surface area contributed by atoms with Gasteiger partial charge >= 0.3 is 0 Å². The quantitative estimate of drug-likeness (QED) is 0.589. The fourth-order valence-electron chi connectivity index (χ4n) is 2.74. The first-order valence-electron chi connectivity index (χ1n) is 8.44. The van der Waals surface area contributed by atoms with Gasteiger partial charge in [-0.1, -0.05) is 53.7 Å². The van der Waals surface area contributed by atoms with Gasteiger partial charge < -0.3 is 5.32 Å². The van der Waals surface area contributed by atoms with E-state index in [9.17, 15) is 9.59 Å². The fourth-order valence-corrected chi connectivity index (χ4v) is 3.71. The van der Waals surface area contributed by atoms with E-state index in [4.69, 9.17) is 0 Å². The van der Waals surface area contributed by atoms with Gasteiger partial charge in [0, 0.05) is 10.6 Å². The van der Waals surface area contributed by atoms with E-state index < -0.39 is 6.04 Å². The van der Waals surface area contributed by atoms with Crippen molar-refractivity contribution in [2.75, 3.05) is 5.32 Å². The van der Waals surface area contributed by atoms with Gasteiger partial charge in [0.1, 0.15) is 6.04 Å². The van der Waals surface area contributed by atoms with Crippen molar-refractivity contribution in [1.29, 1.82) is 0 Å². The smallest absolute Gasteiger partial charge is 0.279 e. The number of anilines is 1. The highest BCUT2D eigenvalue weighted by atomic mass is 32.1. The van der Waals surface area contributed by atoms with E-state index in [-0.39, 0.29) is 11.5 Å². The normalized spacial score (nSPS) is 12.0. The van der Waals surface area contributed by atoms with E-state index in [1.807, 2.05) is 54.6 Å². The summed E-state index contributed by atoms with van der Waals surface area (Å²) in [6.45, 7) is 1.63. The van der Waals surface area contributed by atoms with Crippen LogP contribution < -0.4 is 10.9 Å². The van der Waals surface area contributed by atoms with Crippen LogP contribution in [0.4, 0.5) is 5.69 Å². The number of hydrogen-bond donors (Lipinski definition) is 1. The Morgan fingerprint density at radius 2 is 1.74 bits per heavy atom. The summed E-state index contributed by atoms with van der Waals surface area (Å²) in [4.78, 5) is 26.9. The van der Waals surface area contributed by atoms with Gasteiger partial charge in [0.15, 0.2) is 4.83 Å². The minimum Gasteiger partial charge on any atom is -0.324 e. The van der Waals surface area contributed by atoms with Crippen molar-refractivity contribution in [3.63, 3.8) is 0 Å². The van der Waals surface area contributed by atoms with Gasteiger partial charge in [0.2, 0.25) is 5.91 Å². The first-order chi connectivity index (χ1) is 13.1. The number of nitrogens with one attached hydrogen (secondary N) is 1. The molecule has 0 aliphatic rings. The molecule has 0 bridgehead atoms. The number of fused-ring (bicyclic) bond motifs is 1. The van der Waals surface area contributed by atoms with Crippen LogP contribution >= 0.6 is 11.3 Å². The number of para-hydroxylation sites is 1. The van der Waals surface area contributed by atoms with Crippen LogP contribution in [0.1, 0.15) is 13.0 Å². The van der Waals surface area contributed by atoms with Gasteiger partial charge in [0.05, 0.1) is 5.39 Å². The second kappa shape index (κ2) is 7.13. The summed E-state index contributed by atoms with van der Waals surface area (Å²) in [6.07, 6.45) is 0. The van der Waals surface area contributed by atoms with E-state index in [1.54, 1.807) is 19.1 Å². The van der Waals surface area contributed by atoms with Gasteiger partial charge in [-0.15, -0.1) is 16.4 Å². The van der Waals surface area contributed by atoms with Crippen molar-refractivity contribution >= 4 is 33.1 Å². The number of rotatable bonds is 4. The molecule has 2 heterocycles. The summed E-state index contributed by atoms with van der Waals surface area (Å²) in [6, 6.07) is 19.9. The van der Waals surface area contributed by atoms with Crippen molar-refractivity contribution in [3.8, 4) is 10.4 Å². The lowest BCUT2D eigenvalue weighted by Gasteiger charge is -2.13. The molecule has 134 valence electrons. The predicted octanol–water partition coefficient (Wildman–Crippen LogP) is 3.72. The molecule has 4 aromatic rings. The molecule has 2 aromatic heterocycles. The standard InChI is InChI=1S/C20H16N4O2S/c1-13(18(25)21-15-10-6-3-7-11-15)24-20(26)16-12-17(27-19(16)22-23-24)14-8-4-2-5-9-14/h2-13H,1H3,(H,21,25). The van der Waals surface area contributed by atoms with Gasteiger partial charge in [-0.25, -0.2) is 0 Å². The lowest BCUT2D eigenvalue weighted by molar-refractivity contribution is -0.119. The summed E-state index contributed by atoms with van der Waals surface area (Å²) in [5.41, 5.74) is 1.36. The topological polar surface area (TPSA) is 76.9 Å². The molecule has 1 N–H and O–H groups in total. The average molecular weight is 376 g/mol. The van der Waals surface area contributed by atoms with Crippen LogP contribution in [0.5, 0.6) is 0 Å². The molecule has 1 unspecified atom stereocenters. The van der Waals surface area contributed by atoms with E-state index in [0.29, 0.717) is 15.9 Å². The fraction of sp³-hybridized carbons (Fsp3) is 0.100. The van der Waals surface area contributed by atoms with Crippen molar-refractivity contribution in [2.45, 2.75) is 13.0 Å². The Bertz CT molecular complexity index is 1150. The molecule has 0 fully saturated rings. The number of benzene rings is 2. The lowest BCUT2D eigenvalue weighted by atomic mass is 10.2. The molecule has 1 atom stereocenters. The monoisotopic (exact) mass is 376 g/mol. The molecular weight excluding hydrogens is 360 g/mol. The van der Waals surface area contributed by atoms with E-state index in [0.717, 1.165) is 15.1 Å². The van der Waals surface area contributed by atoms with Gasteiger partial charge in [-0.3, -0.25) is 9.59 Å². The molecule has 0 aliphatic heterocycles. The molecule has 4 rings (SSSR count). The summed E-state index contributed by atoms with van der Waals surface area (Å²) in [5.74, 6) is -0.324. The molecule has 0 aliphatic carbocycles. The third-order valence-corrected chi connectivity index (χ3v) is 5.30. The Hall–Kier alpha value is -3.32. The number of carbonyl (C=O) groups excluding carboxylic acids is 1. The summed E-state index contributed by atoms with van der Waals surface area (Å²) in [5, 5.41) is 11.4. The number of nitrogens with zero attached hydrogens (tertiary/aromatic N) is 3. The van der Waals surface area contributed by atoms with Crippen LogP contribution in [0.3, 0.4) is 0 Å². The van der Waals surface area contributed by atoms with Gasteiger partial charge in [-0.2, -0.15) is 4.68 Å². The maximum absolute atomic E-state index is 12.9. The van der Waals surface area contributed by atoms with Gasteiger partial charge in [0.25, 0.3) is 5.56 Å². The molecule has 27 heavy (non-hydrogen) atoms. The largest absolute Gasteiger partial charge is 0.324 e. The van der Waals surface area contributed by atoms with Crippen LogP contribution in [0, 0.1) is 0 Å². The van der Waals surface area contributed by atoms with Crippen LogP contribution in [0.2, 0.25) is 0 Å². The number of carbonyl (C=O) groups is 1. The summed E-state index contributed by atoms with van der Waals surface area (Å²) in [7, 11) is 0. The number of hydrogen-bond acceptors (Lipinski definition) is 5. The van der Waals surface area contributed by atoms with Crippen molar-refractivity contribution in [3.05, 3.63) is 77.1 Å². The van der Waals surface area contributed by atoms with Crippen molar-refractivity contribution < 1.29 is 4.79 Å². The van der Waals surface area contributed by atoms with Crippen molar-refractivity contribution in [1.82, 2.24) is 15.0 Å². The molecular formula is C20H16N4O2S. The van der Waals surface area contributed by atoms with Crippen LogP contribution in [0.25, 0.3) is 20.7 Å². The molecule has 6 nitrogen and oxygen atoms in total. The Balaban J connectivity index is 1.67. The number of aromatic nitrogens is 3. The van der Waals surface area contributed by atoms with Crippen LogP contribution in [-0.2, 0) is 4.79 Å². The SMILES string of the molecule is CC(C(=O)Nc1ccccc1)n1nnc2sc(-c3ccccc3)cc2c1=O. The molecule has 0 saturated heterocycles. The van der Waals surface area contributed by atoms with E-state index in [1.165, 1.54) is 11.3 Å². The molecule has 0 spiro atoms. The highest BCUT2D eigenvalue weighted by molar-refractivity contribution is 7.21. The van der Waals surface area contributed by atoms with Crippen molar-refractivity contribution in [2.24, 2.45) is 0 Å². The zero-order valence-corrected chi connectivity index (χ0v) is 15.3. The highest BCUT2D eigenvalue weighted by Crippen LogP contribution is 2.30. The Morgan fingerprint density at radius 3 is 2.44 bits per heavy atom. The molecule has 1 amide bonds. The third-order valence-electron chi connectivity index (χ3n) is 4.23. The highest BCUT2D eigenvalue weighted by Gasteiger charge is 2.20. The number of thiophene rings is 1. The lowest BCUT2D eigenvalue weighted by Crippen LogP contribution is -2.33. The average Bonchev–Trinajstić information content (AvgIpc) is 3.14. The first-order valence-corrected chi connectivity index (χ1v) is 9.25. The zero-order chi connectivity index (χ0) is 18.8. The Labute approximate surface area is 159 Å². The molecule has 0 radical (unpaired) electrons. The molecule has 2 aromatic carbocycles. The summed E-state index contributed by atoms with van der Waals surface area (Å²) < 4.78 is 1.13. The van der Waals surface area contributed by atoms with Gasteiger partial charge in [-0.05, 0) is 30.7 Å². The molecule has 0 saturated carbocycles. The van der Waals surface area contributed by atoms with E-state index in [2.05, 4.69) is 15.6 Å². The Kier molecular flexibility index (Phi) is 4.52. The predicted molar refractivity (Wildman–Crippen MR) is 107 cm³/mol. The zero-order valence-electron chi connectivity index (χ0n) is 14.5. The summed E-state index contributed by atoms with van der Waals surface area (Å²) >= 11 is 1.41. The van der Waals surface area contributed by atoms with E-state index >= 15 is 0 Å². The van der Waals surface area contributed by atoms with Crippen LogP contribution in [0.15, 0.2) is 71.5 Å². The maximum Gasteiger partial charge on any atom is 0.279 e.